The zero-order chi connectivity index (χ0) is 20.9. The molecule has 9 heteroatoms. The number of aromatic nitrogens is 4. The van der Waals surface area contributed by atoms with Crippen LogP contribution in [0.4, 0.5) is 5.82 Å². The number of fused-ring (bicyclic) bond motifs is 1. The Morgan fingerprint density at radius 3 is 2.72 bits per heavy atom. The van der Waals surface area contributed by atoms with Crippen LogP contribution >= 0.6 is 11.6 Å². The van der Waals surface area contributed by atoms with E-state index in [2.05, 4.69) is 26.0 Å². The number of likely N-dealkylation sites (tertiary alicyclic amines) is 1. The van der Waals surface area contributed by atoms with Gasteiger partial charge in [0.25, 0.3) is 0 Å². The Morgan fingerprint density at radius 1 is 1.38 bits per heavy atom. The molecular weight excluding hydrogens is 390 g/mol. The summed E-state index contributed by atoms with van der Waals surface area (Å²) in [6, 6.07) is 3.82. The highest BCUT2D eigenvalue weighted by atomic mass is 35.5. The fourth-order valence-corrected chi connectivity index (χ4v) is 4.43. The summed E-state index contributed by atoms with van der Waals surface area (Å²) >= 11 is 6.54. The molecule has 2 aromatic heterocycles. The molecule has 0 bridgehead atoms. The summed E-state index contributed by atoms with van der Waals surface area (Å²) in [6.07, 6.45) is 1.43. The SMILES string of the molecule is COc1c(C(C)n2nc(C)c3c(N)ncnc32)cc(Cl)c(C#N)c1C1CN(C)C1. The number of ether oxygens (including phenoxy) is 1. The number of hydrogen-bond acceptors (Lipinski definition) is 7. The van der Waals surface area contributed by atoms with Gasteiger partial charge in [-0.1, -0.05) is 11.6 Å². The van der Waals surface area contributed by atoms with E-state index < -0.39 is 0 Å². The van der Waals surface area contributed by atoms with Crippen LogP contribution in [0.25, 0.3) is 11.0 Å². The molecule has 1 aliphatic heterocycles. The Hall–Kier alpha value is -2.89. The van der Waals surface area contributed by atoms with Gasteiger partial charge in [-0.2, -0.15) is 10.4 Å². The minimum atomic E-state index is -0.239. The molecule has 4 rings (SSSR count). The largest absolute Gasteiger partial charge is 0.496 e. The monoisotopic (exact) mass is 411 g/mol. The molecule has 0 saturated carbocycles. The quantitative estimate of drug-likeness (QED) is 0.703. The Labute approximate surface area is 173 Å². The minimum absolute atomic E-state index is 0.198. The highest BCUT2D eigenvalue weighted by Crippen LogP contribution is 2.43. The fraction of sp³-hybridized carbons (Fsp3) is 0.400. The van der Waals surface area contributed by atoms with Gasteiger partial charge in [0.2, 0.25) is 0 Å². The molecule has 150 valence electrons. The number of nitrogen functional groups attached to an aromatic ring is 1. The molecular formula is C20H22ClN7O. The topological polar surface area (TPSA) is 106 Å². The van der Waals surface area contributed by atoms with Crippen LogP contribution in [-0.4, -0.2) is 51.9 Å². The van der Waals surface area contributed by atoms with Crippen molar-refractivity contribution in [3.63, 3.8) is 0 Å². The number of likely N-dealkylation sites (N-methyl/N-ethyl adjacent to an activating group) is 1. The lowest BCUT2D eigenvalue weighted by Gasteiger charge is -2.38. The Morgan fingerprint density at radius 2 is 2.10 bits per heavy atom. The number of benzene rings is 1. The van der Waals surface area contributed by atoms with E-state index in [1.54, 1.807) is 17.9 Å². The molecule has 1 aliphatic rings. The molecule has 0 aliphatic carbocycles. The lowest BCUT2D eigenvalue weighted by Crippen LogP contribution is -2.42. The normalized spacial score (nSPS) is 15.9. The van der Waals surface area contributed by atoms with Crippen molar-refractivity contribution in [2.24, 2.45) is 0 Å². The van der Waals surface area contributed by atoms with Crippen LogP contribution in [0.15, 0.2) is 12.4 Å². The van der Waals surface area contributed by atoms with Gasteiger partial charge in [0.05, 0.1) is 34.8 Å². The molecule has 8 nitrogen and oxygen atoms in total. The zero-order valence-corrected chi connectivity index (χ0v) is 17.5. The first-order valence-electron chi connectivity index (χ1n) is 9.31. The third-order valence-electron chi connectivity index (χ3n) is 5.60. The average Bonchev–Trinajstić information content (AvgIpc) is 3.02. The van der Waals surface area contributed by atoms with Crippen molar-refractivity contribution >= 4 is 28.5 Å². The summed E-state index contributed by atoms with van der Waals surface area (Å²) < 4.78 is 7.63. The number of rotatable bonds is 4. The van der Waals surface area contributed by atoms with Gasteiger partial charge in [-0.3, -0.25) is 0 Å². The predicted octanol–water partition coefficient (Wildman–Crippen LogP) is 2.89. The summed E-state index contributed by atoms with van der Waals surface area (Å²) in [5.74, 6) is 1.28. The zero-order valence-electron chi connectivity index (χ0n) is 16.8. The van der Waals surface area contributed by atoms with Crippen LogP contribution in [0.2, 0.25) is 5.02 Å². The van der Waals surface area contributed by atoms with Gasteiger partial charge in [-0.15, -0.1) is 0 Å². The molecule has 1 unspecified atom stereocenters. The Balaban J connectivity index is 1.92. The summed E-state index contributed by atoms with van der Waals surface area (Å²) in [7, 11) is 3.67. The minimum Gasteiger partial charge on any atom is -0.496 e. The van der Waals surface area contributed by atoms with E-state index in [0.29, 0.717) is 27.8 Å². The second-order valence-electron chi connectivity index (χ2n) is 7.46. The first kappa shape index (κ1) is 19.4. The Bertz CT molecular complexity index is 1140. The van der Waals surface area contributed by atoms with Crippen LogP contribution in [-0.2, 0) is 0 Å². The van der Waals surface area contributed by atoms with Crippen LogP contribution in [0, 0.1) is 18.3 Å². The standard InChI is InChI=1S/C20H22ClN7O/c1-10-16-19(23)24-9-25-20(16)28(26-10)11(2)13-5-15(21)14(6-22)17(18(13)29-4)12-7-27(3)8-12/h5,9,11-12H,7-8H2,1-4H3,(H2,23,24,25). The number of methoxy groups -OCH3 is 1. The summed E-state index contributed by atoms with van der Waals surface area (Å²) in [6.45, 7) is 5.59. The van der Waals surface area contributed by atoms with Gasteiger partial charge in [0.15, 0.2) is 5.65 Å². The maximum atomic E-state index is 9.72. The molecule has 1 fully saturated rings. The summed E-state index contributed by atoms with van der Waals surface area (Å²) in [5, 5.41) is 15.5. The third-order valence-corrected chi connectivity index (χ3v) is 5.89. The number of hydrogen-bond donors (Lipinski definition) is 1. The highest BCUT2D eigenvalue weighted by Gasteiger charge is 2.34. The van der Waals surface area contributed by atoms with E-state index in [9.17, 15) is 5.26 Å². The van der Waals surface area contributed by atoms with Gasteiger partial charge < -0.3 is 15.4 Å². The third kappa shape index (κ3) is 2.98. The van der Waals surface area contributed by atoms with Crippen LogP contribution in [0.3, 0.4) is 0 Å². The number of nitriles is 1. The molecule has 2 N–H and O–H groups in total. The number of anilines is 1. The van der Waals surface area contributed by atoms with E-state index in [-0.39, 0.29) is 12.0 Å². The number of halogens is 1. The second kappa shape index (κ2) is 7.17. The first-order valence-corrected chi connectivity index (χ1v) is 9.69. The predicted molar refractivity (Wildman–Crippen MR) is 111 cm³/mol. The average molecular weight is 412 g/mol. The molecule has 3 aromatic rings. The number of aryl methyl sites for hydroxylation is 1. The number of nitrogens with zero attached hydrogens (tertiary/aromatic N) is 6. The van der Waals surface area contributed by atoms with Crippen molar-refractivity contribution in [3.8, 4) is 11.8 Å². The van der Waals surface area contributed by atoms with E-state index in [1.165, 1.54) is 6.33 Å². The van der Waals surface area contributed by atoms with Crippen LogP contribution < -0.4 is 10.5 Å². The van der Waals surface area contributed by atoms with Crippen molar-refractivity contribution in [2.75, 3.05) is 33.0 Å². The molecule has 1 saturated heterocycles. The van der Waals surface area contributed by atoms with E-state index in [0.717, 1.165) is 35.3 Å². The van der Waals surface area contributed by atoms with Gasteiger partial charge in [-0.25, -0.2) is 14.6 Å². The molecule has 0 radical (unpaired) electrons. The maximum absolute atomic E-state index is 9.72. The smallest absolute Gasteiger partial charge is 0.164 e. The van der Waals surface area contributed by atoms with Crippen molar-refractivity contribution in [2.45, 2.75) is 25.8 Å². The van der Waals surface area contributed by atoms with E-state index in [4.69, 9.17) is 22.1 Å². The molecule has 1 aromatic carbocycles. The maximum Gasteiger partial charge on any atom is 0.164 e. The van der Waals surface area contributed by atoms with E-state index >= 15 is 0 Å². The van der Waals surface area contributed by atoms with Gasteiger partial charge >= 0.3 is 0 Å². The molecule has 0 spiro atoms. The highest BCUT2D eigenvalue weighted by molar-refractivity contribution is 6.32. The van der Waals surface area contributed by atoms with Gasteiger partial charge in [0, 0.05) is 30.1 Å². The molecule has 29 heavy (non-hydrogen) atoms. The Kier molecular flexibility index (Phi) is 4.81. The number of nitrogens with two attached hydrogens (primary N) is 1. The summed E-state index contributed by atoms with van der Waals surface area (Å²) in [4.78, 5) is 10.7. The molecule has 1 atom stereocenters. The lowest BCUT2D eigenvalue weighted by molar-refractivity contribution is 0.186. The fourth-order valence-electron chi connectivity index (χ4n) is 4.17. The molecule has 0 amide bonds. The lowest BCUT2D eigenvalue weighted by atomic mass is 9.85. The first-order chi connectivity index (χ1) is 13.9. The van der Waals surface area contributed by atoms with Crippen molar-refractivity contribution in [1.29, 1.82) is 5.26 Å². The van der Waals surface area contributed by atoms with Crippen LogP contribution in [0.5, 0.6) is 5.75 Å². The van der Waals surface area contributed by atoms with Gasteiger partial charge in [-0.05, 0) is 27.0 Å². The van der Waals surface area contributed by atoms with Gasteiger partial charge in [0.1, 0.15) is 24.0 Å². The van der Waals surface area contributed by atoms with Crippen molar-refractivity contribution in [3.05, 3.63) is 39.8 Å². The van der Waals surface area contributed by atoms with Crippen molar-refractivity contribution in [1.82, 2.24) is 24.6 Å². The van der Waals surface area contributed by atoms with E-state index in [1.807, 2.05) is 20.9 Å². The summed E-state index contributed by atoms with van der Waals surface area (Å²) in [5.41, 5.74) is 9.63. The van der Waals surface area contributed by atoms with Crippen molar-refractivity contribution < 1.29 is 4.74 Å². The second-order valence-corrected chi connectivity index (χ2v) is 7.87. The molecule has 3 heterocycles. The van der Waals surface area contributed by atoms with Crippen LogP contribution in [0.1, 0.15) is 41.3 Å².